The van der Waals surface area contributed by atoms with Gasteiger partial charge in [-0.1, -0.05) is 6.92 Å². The highest BCUT2D eigenvalue weighted by Crippen LogP contribution is 2.30. The maximum Gasteiger partial charge on any atom is 0.275 e. The molecule has 0 radical (unpaired) electrons. The van der Waals surface area contributed by atoms with Crippen LogP contribution in [0.1, 0.15) is 26.7 Å². The summed E-state index contributed by atoms with van der Waals surface area (Å²) in [5.74, 6) is 0.564. The first kappa shape index (κ1) is 15.6. The Balaban J connectivity index is 2.34. The van der Waals surface area contributed by atoms with E-state index in [2.05, 4.69) is 17.1 Å². The summed E-state index contributed by atoms with van der Waals surface area (Å²) >= 11 is 0. The van der Waals surface area contributed by atoms with Crippen LogP contribution in [0.3, 0.4) is 0 Å². The number of nitro groups is 1. The first-order valence-corrected chi connectivity index (χ1v) is 7.55. The van der Waals surface area contributed by atoms with Crippen LogP contribution >= 0.6 is 0 Å². The molecule has 1 atom stereocenters. The number of benzene rings is 1. The second kappa shape index (κ2) is 7.26. The number of hydrogen-bond acceptors (Lipinski definition) is 5. The highest BCUT2D eigenvalue weighted by Gasteiger charge is 2.24. The molecule has 6 heteroatoms. The second-order valence-corrected chi connectivity index (χ2v) is 5.22. The highest BCUT2D eigenvalue weighted by atomic mass is 16.6. The average molecular weight is 293 g/mol. The van der Waals surface area contributed by atoms with Crippen LogP contribution < -0.4 is 15.0 Å². The van der Waals surface area contributed by atoms with E-state index in [1.165, 1.54) is 6.07 Å². The van der Waals surface area contributed by atoms with Gasteiger partial charge in [0.2, 0.25) is 0 Å². The highest BCUT2D eigenvalue weighted by molar-refractivity contribution is 5.58. The number of anilines is 1. The molecule has 0 aliphatic carbocycles. The van der Waals surface area contributed by atoms with Gasteiger partial charge in [-0.25, -0.2) is 0 Å². The molecule has 0 spiro atoms. The molecular formula is C15H23N3O3. The van der Waals surface area contributed by atoms with Crippen LogP contribution in [0.5, 0.6) is 5.75 Å². The summed E-state index contributed by atoms with van der Waals surface area (Å²) < 4.78 is 5.48. The van der Waals surface area contributed by atoms with E-state index in [1.807, 2.05) is 13.0 Å². The molecule has 1 aliphatic heterocycles. The van der Waals surface area contributed by atoms with Crippen molar-refractivity contribution in [3.63, 3.8) is 0 Å². The molecule has 1 aromatic rings. The maximum absolute atomic E-state index is 11.1. The van der Waals surface area contributed by atoms with Gasteiger partial charge in [-0.15, -0.1) is 0 Å². The van der Waals surface area contributed by atoms with Crippen molar-refractivity contribution < 1.29 is 9.66 Å². The minimum atomic E-state index is -0.358. The Morgan fingerprint density at radius 2 is 2.24 bits per heavy atom. The van der Waals surface area contributed by atoms with Gasteiger partial charge < -0.3 is 15.0 Å². The summed E-state index contributed by atoms with van der Waals surface area (Å²) in [5, 5.41) is 14.5. The molecule has 1 aliphatic rings. The van der Waals surface area contributed by atoms with Crippen LogP contribution in [-0.4, -0.2) is 37.2 Å². The molecular weight excluding hydrogens is 270 g/mol. The third-order valence-corrected chi connectivity index (χ3v) is 3.67. The smallest absolute Gasteiger partial charge is 0.275 e. The fourth-order valence-electron chi connectivity index (χ4n) is 2.76. The van der Waals surface area contributed by atoms with E-state index in [0.29, 0.717) is 18.4 Å². The molecule has 0 aromatic heterocycles. The van der Waals surface area contributed by atoms with Gasteiger partial charge in [-0.2, -0.15) is 0 Å². The number of non-ortho nitro benzene ring substituents is 1. The molecule has 1 N–H and O–H groups in total. The van der Waals surface area contributed by atoms with Crippen LogP contribution in [0.15, 0.2) is 18.2 Å². The van der Waals surface area contributed by atoms with Crippen LogP contribution in [-0.2, 0) is 0 Å². The largest absolute Gasteiger partial charge is 0.494 e. The van der Waals surface area contributed by atoms with E-state index in [-0.39, 0.29) is 10.6 Å². The van der Waals surface area contributed by atoms with Crippen molar-refractivity contribution in [2.45, 2.75) is 32.7 Å². The van der Waals surface area contributed by atoms with Gasteiger partial charge in [0, 0.05) is 37.0 Å². The molecule has 116 valence electrons. The van der Waals surface area contributed by atoms with Crippen LogP contribution in [0, 0.1) is 10.1 Å². The minimum Gasteiger partial charge on any atom is -0.494 e. The first-order chi connectivity index (χ1) is 10.2. The predicted molar refractivity (Wildman–Crippen MR) is 83.2 cm³/mol. The number of nitrogens with one attached hydrogen (secondary N) is 1. The van der Waals surface area contributed by atoms with Gasteiger partial charge in [0.1, 0.15) is 5.75 Å². The Labute approximate surface area is 125 Å². The van der Waals surface area contributed by atoms with Crippen LogP contribution in [0.2, 0.25) is 0 Å². The molecule has 1 heterocycles. The number of hydrogen-bond donors (Lipinski definition) is 1. The van der Waals surface area contributed by atoms with Gasteiger partial charge in [0.15, 0.2) is 0 Å². The fourth-order valence-corrected chi connectivity index (χ4v) is 2.76. The molecule has 0 amide bonds. The summed E-state index contributed by atoms with van der Waals surface area (Å²) in [7, 11) is 0. The molecule has 1 fully saturated rings. The summed E-state index contributed by atoms with van der Waals surface area (Å²) in [4.78, 5) is 13.0. The van der Waals surface area contributed by atoms with Crippen molar-refractivity contribution in [2.24, 2.45) is 0 Å². The number of nitrogens with zero attached hydrogens (tertiary/aromatic N) is 2. The topological polar surface area (TPSA) is 67.6 Å². The summed E-state index contributed by atoms with van der Waals surface area (Å²) in [6.45, 7) is 7.31. The number of ether oxygens (including phenoxy) is 1. The van der Waals surface area contributed by atoms with Crippen LogP contribution in [0.4, 0.5) is 11.4 Å². The molecule has 0 bridgehead atoms. The van der Waals surface area contributed by atoms with Crippen LogP contribution in [0.25, 0.3) is 0 Å². The van der Waals surface area contributed by atoms with Crippen molar-refractivity contribution in [3.05, 3.63) is 28.3 Å². The zero-order valence-corrected chi connectivity index (χ0v) is 12.7. The Hall–Kier alpha value is -1.82. The molecule has 0 saturated carbocycles. The lowest BCUT2D eigenvalue weighted by atomic mass is 10.1. The van der Waals surface area contributed by atoms with Gasteiger partial charge in [0.25, 0.3) is 5.69 Å². The van der Waals surface area contributed by atoms with Gasteiger partial charge in [-0.3, -0.25) is 10.1 Å². The molecule has 1 saturated heterocycles. The lowest BCUT2D eigenvalue weighted by molar-refractivity contribution is -0.384. The summed E-state index contributed by atoms with van der Waals surface area (Å²) in [5.41, 5.74) is 0.964. The van der Waals surface area contributed by atoms with Gasteiger partial charge in [0.05, 0.1) is 17.6 Å². The fraction of sp³-hybridized carbons (Fsp3) is 0.600. The zero-order valence-electron chi connectivity index (χ0n) is 12.7. The number of nitro benzene ring substituents is 1. The first-order valence-electron chi connectivity index (χ1n) is 7.55. The molecule has 1 unspecified atom stereocenters. The zero-order chi connectivity index (χ0) is 15.2. The average Bonchev–Trinajstić information content (AvgIpc) is 2.98. The lowest BCUT2D eigenvalue weighted by Gasteiger charge is -2.30. The van der Waals surface area contributed by atoms with E-state index in [4.69, 9.17) is 4.74 Å². The van der Waals surface area contributed by atoms with Crippen molar-refractivity contribution in [1.82, 2.24) is 5.32 Å². The molecule has 6 nitrogen and oxygen atoms in total. The van der Waals surface area contributed by atoms with E-state index in [0.717, 1.165) is 38.2 Å². The molecule has 1 aromatic carbocycles. The maximum atomic E-state index is 11.1. The summed E-state index contributed by atoms with van der Waals surface area (Å²) in [6, 6.07) is 5.44. The van der Waals surface area contributed by atoms with E-state index in [9.17, 15) is 10.1 Å². The van der Waals surface area contributed by atoms with Crippen molar-refractivity contribution in [1.29, 1.82) is 0 Å². The predicted octanol–water partition coefficient (Wildman–Crippen LogP) is 2.57. The minimum absolute atomic E-state index is 0.0861. The Bertz CT molecular complexity index is 487. The Kier molecular flexibility index (Phi) is 5.38. The monoisotopic (exact) mass is 293 g/mol. The van der Waals surface area contributed by atoms with Crippen molar-refractivity contribution in [3.8, 4) is 5.75 Å². The molecule has 21 heavy (non-hydrogen) atoms. The second-order valence-electron chi connectivity index (χ2n) is 5.22. The third-order valence-electron chi connectivity index (χ3n) is 3.67. The standard InChI is InChI=1S/C15H23N3O3/c1-3-7-17(12-5-6-16-11-12)13-8-14(18(19)20)10-15(9-13)21-4-2/h8-10,12,16H,3-7,11H2,1-2H3. The van der Waals surface area contributed by atoms with E-state index < -0.39 is 0 Å². The van der Waals surface area contributed by atoms with Gasteiger partial charge in [-0.05, 0) is 26.3 Å². The normalized spacial score (nSPS) is 17.7. The summed E-state index contributed by atoms with van der Waals surface area (Å²) in [6.07, 6.45) is 2.07. The third kappa shape index (κ3) is 3.85. The Morgan fingerprint density at radius 3 is 2.81 bits per heavy atom. The number of rotatable bonds is 7. The molecule has 2 rings (SSSR count). The van der Waals surface area contributed by atoms with Gasteiger partial charge >= 0.3 is 0 Å². The van der Waals surface area contributed by atoms with E-state index in [1.54, 1.807) is 6.07 Å². The Morgan fingerprint density at radius 1 is 1.43 bits per heavy atom. The van der Waals surface area contributed by atoms with Crippen molar-refractivity contribution >= 4 is 11.4 Å². The SMILES string of the molecule is CCCN(c1cc(OCC)cc([N+](=O)[O-])c1)C1CCNC1. The lowest BCUT2D eigenvalue weighted by Crippen LogP contribution is -2.37. The van der Waals surface area contributed by atoms with Crippen molar-refractivity contribution in [2.75, 3.05) is 31.1 Å². The quantitative estimate of drug-likeness (QED) is 0.618. The van der Waals surface area contributed by atoms with E-state index >= 15 is 0 Å².